The minimum absolute atomic E-state index is 0. The van der Waals surface area contributed by atoms with Crippen LogP contribution in [0.1, 0.15) is 13.8 Å². The number of carbonyl (C=O) groups excluding carboxylic acids is 1. The van der Waals surface area contributed by atoms with Crippen molar-refractivity contribution >= 4 is 18.1 Å². The second-order valence-corrected chi connectivity index (χ2v) is 1.28. The molecule has 0 aliphatic carbocycles. The Morgan fingerprint density at radius 1 is 0.933 bits per heavy atom. The summed E-state index contributed by atoms with van der Waals surface area (Å²) < 4.78 is 0. The third kappa shape index (κ3) is 72600. The van der Waals surface area contributed by atoms with Crippen molar-refractivity contribution in [2.24, 2.45) is 0 Å². The van der Waals surface area contributed by atoms with E-state index in [-0.39, 0.29) is 65.3 Å². The Bertz CT molecular complexity index is 123. The molecule has 5 N–H and O–H groups in total. The number of carboxylic acid groups (broad SMARTS) is 4. The van der Waals surface area contributed by atoms with E-state index in [1.165, 1.54) is 0 Å². The van der Waals surface area contributed by atoms with Crippen LogP contribution in [0.25, 0.3) is 0 Å². The van der Waals surface area contributed by atoms with Crippen LogP contribution in [0.15, 0.2) is 0 Å². The Morgan fingerprint density at radius 2 is 0.933 bits per heavy atom. The molecule has 0 aliphatic rings. The summed E-state index contributed by atoms with van der Waals surface area (Å²) in [6, 6.07) is 0. The smallest absolute Gasteiger partial charge is 0.565 e. The van der Waals surface area contributed by atoms with E-state index < -0.39 is 18.1 Å². The van der Waals surface area contributed by atoms with Crippen molar-refractivity contribution in [3.8, 4) is 0 Å². The molecule has 0 atom stereocenters. The van der Waals surface area contributed by atoms with Crippen LogP contribution in [0.3, 0.4) is 0 Å². The fraction of sp³-hybridized carbons (Fsp3) is 0.400. The van der Waals surface area contributed by atoms with Gasteiger partial charge in [-0.3, -0.25) is 4.79 Å². The van der Waals surface area contributed by atoms with Crippen molar-refractivity contribution < 1.29 is 93.9 Å². The van der Waals surface area contributed by atoms with E-state index in [2.05, 4.69) is 0 Å². The van der Waals surface area contributed by atoms with Crippen LogP contribution in [0.2, 0.25) is 0 Å². The number of hydrogen-bond donors (Lipinski definition) is 3. The van der Waals surface area contributed by atoms with Gasteiger partial charge in [0.05, 0.1) is 0 Å². The first kappa shape index (κ1) is 36.2. The summed E-state index contributed by atoms with van der Waals surface area (Å²) in [6.07, 6.45) is -2.08. The SMILES string of the molecule is CC(=O)O.CC(=O)[O-].N.O=C([O-])O.[Na+].[Na+]. The molecule has 0 rings (SSSR count). The Labute approximate surface area is 131 Å². The summed E-state index contributed by atoms with van der Waals surface area (Å²) >= 11 is 0. The topological polar surface area (TPSA) is 173 Å². The van der Waals surface area contributed by atoms with Gasteiger partial charge < -0.3 is 36.2 Å². The summed E-state index contributed by atoms with van der Waals surface area (Å²) in [4.78, 5) is 26.3. The molecular formula is C5H11NNa2O7. The van der Waals surface area contributed by atoms with Crippen molar-refractivity contribution in [3.05, 3.63) is 0 Å². The zero-order valence-corrected chi connectivity index (χ0v) is 13.1. The summed E-state index contributed by atoms with van der Waals surface area (Å²) in [7, 11) is 0. The predicted octanol–water partition coefficient (Wildman–Crippen LogP) is -8.10. The van der Waals surface area contributed by atoms with Crippen LogP contribution in [0.4, 0.5) is 4.79 Å². The molecule has 8 nitrogen and oxygen atoms in total. The molecule has 0 aromatic carbocycles. The first-order chi connectivity index (χ1) is 5.20. The number of carboxylic acids is 2. The van der Waals surface area contributed by atoms with Gasteiger partial charge in [-0.25, -0.2) is 0 Å². The van der Waals surface area contributed by atoms with Gasteiger partial charge in [0.2, 0.25) is 6.16 Å². The predicted molar refractivity (Wildman–Crippen MR) is 37.0 cm³/mol. The van der Waals surface area contributed by atoms with Crippen molar-refractivity contribution in [1.29, 1.82) is 0 Å². The summed E-state index contributed by atoms with van der Waals surface area (Å²) in [5.41, 5.74) is 0. The quantitative estimate of drug-likeness (QED) is 0.351. The minimum atomic E-state index is -2.08. The molecule has 10 heteroatoms. The molecule has 0 bridgehead atoms. The Balaban J connectivity index is -0.0000000184. The van der Waals surface area contributed by atoms with Gasteiger partial charge in [0.15, 0.2) is 0 Å². The van der Waals surface area contributed by atoms with Crippen LogP contribution < -0.4 is 75.5 Å². The number of aliphatic carboxylic acids is 2. The van der Waals surface area contributed by atoms with Crippen LogP contribution in [0, 0.1) is 0 Å². The molecule has 0 aromatic heterocycles. The van der Waals surface area contributed by atoms with Crippen LogP contribution >= 0.6 is 0 Å². The fourth-order valence-corrected chi connectivity index (χ4v) is 0. The van der Waals surface area contributed by atoms with Gasteiger partial charge in [-0.15, -0.1) is 0 Å². The standard InChI is InChI=1S/2C2H4O2.CH2O3.H3N.2Na/c2*1-2(3)4;2-1(3)4;;;/h2*1H3,(H,3,4);(H2,2,3,4);1H3;;/q;;;;2*+1/p-2. The van der Waals surface area contributed by atoms with Crippen molar-refractivity contribution in [3.63, 3.8) is 0 Å². The van der Waals surface area contributed by atoms with Gasteiger partial charge in [-0.1, -0.05) is 0 Å². The number of carbonyl (C=O) groups is 3. The summed E-state index contributed by atoms with van der Waals surface area (Å²) in [5, 5.41) is 31.6. The maximum atomic E-state index is 9.00. The Kier molecular flexibility index (Phi) is 70.6. The largest absolute Gasteiger partial charge is 1.00 e. The van der Waals surface area contributed by atoms with Gasteiger partial charge in [-0.05, 0) is 6.92 Å². The normalized spacial score (nSPS) is 4.93. The van der Waals surface area contributed by atoms with E-state index in [0.29, 0.717) is 0 Å². The van der Waals surface area contributed by atoms with E-state index in [1.54, 1.807) is 0 Å². The van der Waals surface area contributed by atoms with E-state index in [4.69, 9.17) is 34.8 Å². The molecule has 0 fully saturated rings. The van der Waals surface area contributed by atoms with Crippen LogP contribution in [0.5, 0.6) is 0 Å². The molecule has 0 aromatic rings. The van der Waals surface area contributed by atoms with E-state index in [9.17, 15) is 0 Å². The molecule has 0 saturated carbocycles. The molecule has 0 aliphatic heterocycles. The average Bonchev–Trinajstić information content (AvgIpc) is 1.54. The summed E-state index contributed by atoms with van der Waals surface area (Å²) in [6.45, 7) is 2.06. The first-order valence-corrected chi connectivity index (χ1v) is 2.47. The van der Waals surface area contributed by atoms with Crippen molar-refractivity contribution in [2.45, 2.75) is 13.8 Å². The Morgan fingerprint density at radius 3 is 0.933 bits per heavy atom. The second-order valence-electron chi connectivity index (χ2n) is 1.28. The molecule has 0 saturated heterocycles. The monoisotopic (exact) mass is 243 g/mol. The van der Waals surface area contributed by atoms with Gasteiger partial charge in [0.1, 0.15) is 0 Å². The van der Waals surface area contributed by atoms with Gasteiger partial charge in [0, 0.05) is 12.9 Å². The molecule has 0 heterocycles. The average molecular weight is 243 g/mol. The summed E-state index contributed by atoms with van der Waals surface area (Å²) in [5.74, 6) is -1.92. The number of hydrogen-bond acceptors (Lipinski definition) is 6. The van der Waals surface area contributed by atoms with Crippen LogP contribution in [-0.2, 0) is 9.59 Å². The second kappa shape index (κ2) is 29.2. The Hall–Kier alpha value is 0.170. The van der Waals surface area contributed by atoms with E-state index in [0.717, 1.165) is 13.8 Å². The molecule has 0 spiro atoms. The zero-order valence-electron chi connectivity index (χ0n) is 9.14. The van der Waals surface area contributed by atoms with Crippen LogP contribution in [-0.4, -0.2) is 28.3 Å². The minimum Gasteiger partial charge on any atom is -0.565 e. The van der Waals surface area contributed by atoms with Crippen molar-refractivity contribution in [2.75, 3.05) is 0 Å². The molecule has 0 unspecified atom stereocenters. The third-order valence-corrected chi connectivity index (χ3v) is 0. The van der Waals surface area contributed by atoms with Crippen molar-refractivity contribution in [1.82, 2.24) is 6.15 Å². The van der Waals surface area contributed by atoms with Gasteiger partial charge in [-0.2, -0.15) is 0 Å². The number of rotatable bonds is 0. The van der Waals surface area contributed by atoms with E-state index >= 15 is 0 Å². The maximum absolute atomic E-state index is 9.00. The molecule has 80 valence electrons. The zero-order chi connectivity index (χ0) is 10.7. The molecule has 0 amide bonds. The maximum Gasteiger partial charge on any atom is 1.00 e. The fourth-order valence-electron chi connectivity index (χ4n) is 0. The molecular weight excluding hydrogens is 232 g/mol. The molecule has 15 heavy (non-hydrogen) atoms. The van der Waals surface area contributed by atoms with Gasteiger partial charge in [0.25, 0.3) is 5.97 Å². The first-order valence-electron chi connectivity index (χ1n) is 2.47. The van der Waals surface area contributed by atoms with E-state index in [1.807, 2.05) is 0 Å². The third-order valence-electron chi connectivity index (χ3n) is 0. The van der Waals surface area contributed by atoms with Gasteiger partial charge >= 0.3 is 59.1 Å². The molecule has 0 radical (unpaired) electrons.